The van der Waals surface area contributed by atoms with Gasteiger partial charge in [0.1, 0.15) is 5.82 Å². The van der Waals surface area contributed by atoms with Crippen LogP contribution in [0.25, 0.3) is 0 Å². The van der Waals surface area contributed by atoms with Gasteiger partial charge in [-0.05, 0) is 54.7 Å². The summed E-state index contributed by atoms with van der Waals surface area (Å²) in [4.78, 5) is 40.5. The van der Waals surface area contributed by atoms with Crippen LogP contribution < -0.4 is 10.6 Å². The predicted octanol–water partition coefficient (Wildman–Crippen LogP) is 2.80. The maximum atomic E-state index is 12.7. The first-order chi connectivity index (χ1) is 13.5. The number of benzene rings is 1. The summed E-state index contributed by atoms with van der Waals surface area (Å²) in [5, 5.41) is 15.0. The van der Waals surface area contributed by atoms with Crippen LogP contribution in [0.5, 0.6) is 0 Å². The largest absolute Gasteiger partial charge is 0.481 e. The third-order valence-corrected chi connectivity index (χ3v) is 5.37. The van der Waals surface area contributed by atoms with E-state index in [0.717, 1.165) is 0 Å². The normalized spacial score (nSPS) is 24.7. The van der Waals surface area contributed by atoms with Crippen molar-refractivity contribution >= 4 is 29.3 Å². The Morgan fingerprint density at radius 1 is 0.929 bits per heavy atom. The number of pyridine rings is 1. The van der Waals surface area contributed by atoms with Gasteiger partial charge in [0.05, 0.1) is 11.8 Å². The van der Waals surface area contributed by atoms with Gasteiger partial charge in [-0.3, -0.25) is 14.4 Å². The number of anilines is 2. The summed E-state index contributed by atoms with van der Waals surface area (Å²) in [6, 6.07) is 11.7. The van der Waals surface area contributed by atoms with Crippen molar-refractivity contribution in [1.82, 2.24) is 4.98 Å². The van der Waals surface area contributed by atoms with E-state index in [1.807, 2.05) is 12.2 Å². The molecule has 2 bridgehead atoms. The SMILES string of the molecule is O=C(Nc1ccccn1)c1ccc(NC(=O)[C@@H]2[C@@H](C(=O)O)[C@H]3C=C[C@H]2C3)cc1. The summed E-state index contributed by atoms with van der Waals surface area (Å²) in [6.07, 6.45) is 6.15. The fraction of sp³-hybridized carbons (Fsp3) is 0.238. The van der Waals surface area contributed by atoms with Crippen molar-refractivity contribution < 1.29 is 19.5 Å². The molecule has 2 aromatic rings. The summed E-state index contributed by atoms with van der Waals surface area (Å²) in [6.45, 7) is 0. The van der Waals surface area contributed by atoms with Crippen molar-refractivity contribution in [3.63, 3.8) is 0 Å². The van der Waals surface area contributed by atoms with Crippen molar-refractivity contribution in [2.75, 3.05) is 10.6 Å². The maximum absolute atomic E-state index is 12.7. The van der Waals surface area contributed by atoms with Crippen LogP contribution in [0.15, 0.2) is 60.8 Å². The fourth-order valence-electron chi connectivity index (χ4n) is 4.07. The molecule has 7 nitrogen and oxygen atoms in total. The van der Waals surface area contributed by atoms with Gasteiger partial charge >= 0.3 is 5.97 Å². The number of carbonyl (C=O) groups is 3. The Hall–Kier alpha value is -3.48. The lowest BCUT2D eigenvalue weighted by Gasteiger charge is -2.23. The number of aromatic nitrogens is 1. The molecule has 1 aromatic carbocycles. The number of hydrogen-bond donors (Lipinski definition) is 3. The molecule has 2 aliphatic carbocycles. The van der Waals surface area contributed by atoms with Gasteiger partial charge in [-0.1, -0.05) is 18.2 Å². The summed E-state index contributed by atoms with van der Waals surface area (Å²) < 4.78 is 0. The van der Waals surface area contributed by atoms with Crippen LogP contribution >= 0.6 is 0 Å². The van der Waals surface area contributed by atoms with E-state index in [-0.39, 0.29) is 23.7 Å². The van der Waals surface area contributed by atoms with Gasteiger partial charge in [0.25, 0.3) is 5.91 Å². The van der Waals surface area contributed by atoms with Crippen LogP contribution in [0, 0.1) is 23.7 Å². The molecule has 2 aliphatic rings. The van der Waals surface area contributed by atoms with Crippen LogP contribution in [0.2, 0.25) is 0 Å². The number of allylic oxidation sites excluding steroid dienone is 2. The van der Waals surface area contributed by atoms with Crippen molar-refractivity contribution in [1.29, 1.82) is 0 Å². The smallest absolute Gasteiger partial charge is 0.307 e. The minimum atomic E-state index is -0.932. The van der Waals surface area contributed by atoms with Crippen LogP contribution in [-0.2, 0) is 9.59 Å². The molecule has 7 heteroatoms. The van der Waals surface area contributed by atoms with E-state index in [1.165, 1.54) is 0 Å². The molecule has 1 saturated carbocycles. The van der Waals surface area contributed by atoms with Gasteiger partial charge < -0.3 is 15.7 Å². The average Bonchev–Trinajstić information content (AvgIpc) is 3.31. The van der Waals surface area contributed by atoms with E-state index in [9.17, 15) is 19.5 Å². The van der Waals surface area contributed by atoms with E-state index in [1.54, 1.807) is 48.7 Å². The second-order valence-electron chi connectivity index (χ2n) is 7.07. The molecule has 142 valence electrons. The molecule has 4 rings (SSSR count). The summed E-state index contributed by atoms with van der Waals surface area (Å²) in [5.74, 6) is -2.44. The van der Waals surface area contributed by atoms with Gasteiger partial charge in [0.15, 0.2) is 0 Å². The first-order valence-electron chi connectivity index (χ1n) is 9.07. The van der Waals surface area contributed by atoms with E-state index < -0.39 is 17.8 Å². The lowest BCUT2D eigenvalue weighted by molar-refractivity contribution is -0.146. The summed E-state index contributed by atoms with van der Waals surface area (Å²) >= 11 is 0. The fourth-order valence-corrected chi connectivity index (χ4v) is 4.07. The van der Waals surface area contributed by atoms with E-state index >= 15 is 0 Å². The number of hydrogen-bond acceptors (Lipinski definition) is 4. The van der Waals surface area contributed by atoms with E-state index in [2.05, 4.69) is 15.6 Å². The molecule has 0 saturated heterocycles. The van der Waals surface area contributed by atoms with Gasteiger partial charge in [-0.25, -0.2) is 4.98 Å². The minimum absolute atomic E-state index is 0.0328. The second kappa shape index (κ2) is 7.26. The first-order valence-corrected chi connectivity index (χ1v) is 9.07. The van der Waals surface area contributed by atoms with Crippen molar-refractivity contribution in [3.05, 3.63) is 66.4 Å². The number of carboxylic acid groups (broad SMARTS) is 1. The molecule has 0 unspecified atom stereocenters. The van der Waals surface area contributed by atoms with Crippen molar-refractivity contribution in [3.8, 4) is 0 Å². The molecule has 1 aromatic heterocycles. The van der Waals surface area contributed by atoms with Crippen LogP contribution in [0.1, 0.15) is 16.8 Å². The molecule has 1 heterocycles. The molecular weight excluding hydrogens is 358 g/mol. The molecule has 1 fully saturated rings. The Balaban J connectivity index is 1.42. The third kappa shape index (κ3) is 3.38. The standard InChI is InChI=1S/C21H19N3O4/c25-19(24-16-3-1-2-10-22-16)12-6-8-15(9-7-12)23-20(26)17-13-4-5-14(11-13)18(17)21(27)28/h1-10,13-14,17-18H,11H2,(H,23,26)(H,27,28)(H,22,24,25)/t13-,14-,17-,18-/m0/s1. The number of carboxylic acids is 1. The highest BCUT2D eigenvalue weighted by atomic mass is 16.4. The Morgan fingerprint density at radius 2 is 1.64 bits per heavy atom. The first kappa shape index (κ1) is 17.9. The maximum Gasteiger partial charge on any atom is 0.307 e. The molecule has 4 atom stereocenters. The number of carbonyl (C=O) groups excluding carboxylic acids is 2. The molecule has 0 radical (unpaired) electrons. The zero-order valence-corrected chi connectivity index (χ0v) is 14.9. The molecular formula is C21H19N3O4. The monoisotopic (exact) mass is 377 g/mol. The predicted molar refractivity (Wildman–Crippen MR) is 103 cm³/mol. The Labute approximate surface area is 161 Å². The number of amides is 2. The van der Waals surface area contributed by atoms with Gasteiger partial charge in [0.2, 0.25) is 5.91 Å². The molecule has 3 N–H and O–H groups in total. The van der Waals surface area contributed by atoms with Gasteiger partial charge in [0, 0.05) is 17.4 Å². The van der Waals surface area contributed by atoms with E-state index in [4.69, 9.17) is 0 Å². The molecule has 2 amide bonds. The number of rotatable bonds is 5. The summed E-state index contributed by atoms with van der Waals surface area (Å²) in [5.41, 5.74) is 0.949. The molecule has 0 spiro atoms. The third-order valence-electron chi connectivity index (χ3n) is 5.37. The van der Waals surface area contributed by atoms with Crippen LogP contribution in [-0.4, -0.2) is 27.9 Å². The minimum Gasteiger partial charge on any atom is -0.481 e. The Morgan fingerprint density at radius 3 is 2.29 bits per heavy atom. The topological polar surface area (TPSA) is 108 Å². The van der Waals surface area contributed by atoms with Crippen LogP contribution in [0.4, 0.5) is 11.5 Å². The van der Waals surface area contributed by atoms with Crippen molar-refractivity contribution in [2.24, 2.45) is 23.7 Å². The van der Waals surface area contributed by atoms with E-state index in [0.29, 0.717) is 23.5 Å². The Kier molecular flexibility index (Phi) is 4.65. The molecule has 28 heavy (non-hydrogen) atoms. The number of nitrogens with zero attached hydrogens (tertiary/aromatic N) is 1. The number of aliphatic carboxylic acids is 1. The quantitative estimate of drug-likeness (QED) is 0.695. The lowest BCUT2D eigenvalue weighted by atomic mass is 9.82. The van der Waals surface area contributed by atoms with Gasteiger partial charge in [-0.15, -0.1) is 0 Å². The number of fused-ring (bicyclic) bond motifs is 2. The highest BCUT2D eigenvalue weighted by molar-refractivity contribution is 6.04. The highest BCUT2D eigenvalue weighted by Crippen LogP contribution is 2.48. The average molecular weight is 377 g/mol. The van der Waals surface area contributed by atoms with Gasteiger partial charge in [-0.2, -0.15) is 0 Å². The zero-order chi connectivity index (χ0) is 19.7. The zero-order valence-electron chi connectivity index (χ0n) is 14.9. The molecule has 0 aliphatic heterocycles. The van der Waals surface area contributed by atoms with Crippen LogP contribution in [0.3, 0.4) is 0 Å². The lowest BCUT2D eigenvalue weighted by Crippen LogP contribution is -2.36. The van der Waals surface area contributed by atoms with Crippen molar-refractivity contribution in [2.45, 2.75) is 6.42 Å². The highest BCUT2D eigenvalue weighted by Gasteiger charge is 2.51. The Bertz CT molecular complexity index is 940. The second-order valence-corrected chi connectivity index (χ2v) is 7.07. The number of nitrogens with one attached hydrogen (secondary N) is 2. The summed E-state index contributed by atoms with van der Waals surface area (Å²) in [7, 11) is 0.